The number of methoxy groups -OCH3 is 1. The number of aliphatic imine (C=N–C) groups is 1. The highest BCUT2D eigenvalue weighted by Crippen LogP contribution is 2.49. The number of ketones is 1. The van der Waals surface area contributed by atoms with E-state index in [0.29, 0.717) is 39.7 Å². The number of allylic oxidation sites excluding steroid dienone is 2. The molecule has 1 unspecified atom stereocenters. The van der Waals surface area contributed by atoms with Gasteiger partial charge >= 0.3 is 5.97 Å². The van der Waals surface area contributed by atoms with Crippen LogP contribution in [0.25, 0.3) is 0 Å². The number of esters is 1. The van der Waals surface area contributed by atoms with E-state index in [9.17, 15) is 9.59 Å². The Hall–Kier alpha value is -1.65. The molecule has 3 rings (SSSR count). The molecule has 26 heavy (non-hydrogen) atoms. The average Bonchev–Trinajstić information content (AvgIpc) is 2.54. The zero-order chi connectivity index (χ0) is 19.2. The van der Waals surface area contributed by atoms with Crippen LogP contribution < -0.4 is 0 Å². The second-order valence-corrected chi connectivity index (χ2v) is 8.46. The zero-order valence-corrected chi connectivity index (χ0v) is 16.7. The second-order valence-electron chi connectivity index (χ2n) is 7.68. The molecule has 1 aromatic rings. The summed E-state index contributed by atoms with van der Waals surface area (Å²) in [7, 11) is 1.34. The first-order valence-corrected chi connectivity index (χ1v) is 9.25. The summed E-state index contributed by atoms with van der Waals surface area (Å²) < 4.78 is 5.01. The van der Waals surface area contributed by atoms with E-state index >= 15 is 0 Å². The van der Waals surface area contributed by atoms with Gasteiger partial charge in [-0.15, -0.1) is 0 Å². The molecule has 0 amide bonds. The number of ether oxygens (including phenoxy) is 1. The Morgan fingerprint density at radius 3 is 2.62 bits per heavy atom. The number of carbonyl (C=O) groups is 2. The summed E-state index contributed by atoms with van der Waals surface area (Å²) in [6.07, 6.45) is 1.08. The number of rotatable bonds is 2. The average molecular weight is 394 g/mol. The molecular weight excluding hydrogens is 373 g/mol. The maximum absolute atomic E-state index is 13.0. The Morgan fingerprint density at radius 2 is 1.96 bits per heavy atom. The Labute approximate surface area is 163 Å². The molecule has 6 heteroatoms. The molecular formula is C20H21Cl2NO3. The maximum Gasteiger partial charge on any atom is 0.315 e. The van der Waals surface area contributed by atoms with Crippen LogP contribution in [0.3, 0.4) is 0 Å². The van der Waals surface area contributed by atoms with Crippen LogP contribution in [0.1, 0.15) is 45.1 Å². The van der Waals surface area contributed by atoms with Crippen LogP contribution in [0, 0.1) is 11.3 Å². The largest absolute Gasteiger partial charge is 0.468 e. The first-order valence-electron chi connectivity index (χ1n) is 8.49. The molecule has 0 bridgehead atoms. The monoisotopic (exact) mass is 393 g/mol. The summed E-state index contributed by atoms with van der Waals surface area (Å²) in [5, 5.41) is 0.742. The molecule has 0 N–H and O–H groups in total. The van der Waals surface area contributed by atoms with Gasteiger partial charge in [0.1, 0.15) is 5.92 Å². The fraction of sp³-hybridized carbons (Fsp3) is 0.450. The maximum atomic E-state index is 13.0. The van der Waals surface area contributed by atoms with Crippen molar-refractivity contribution < 1.29 is 14.3 Å². The van der Waals surface area contributed by atoms with Crippen molar-refractivity contribution in [3.63, 3.8) is 0 Å². The normalized spacial score (nSPS) is 24.8. The van der Waals surface area contributed by atoms with E-state index in [-0.39, 0.29) is 11.2 Å². The van der Waals surface area contributed by atoms with Gasteiger partial charge in [-0.3, -0.25) is 14.6 Å². The van der Waals surface area contributed by atoms with Gasteiger partial charge in [0.05, 0.1) is 17.2 Å². The quantitative estimate of drug-likeness (QED) is 0.665. The van der Waals surface area contributed by atoms with Crippen molar-refractivity contribution in [1.29, 1.82) is 0 Å². The number of carbonyl (C=O) groups excluding carboxylic acids is 2. The number of halogens is 2. The number of Topliss-reactive ketones (excluding diaryl/α,β-unsaturated/α-hetero) is 1. The summed E-state index contributed by atoms with van der Waals surface area (Å²) >= 11 is 12.7. The molecule has 0 radical (unpaired) electrons. The molecule has 2 atom stereocenters. The van der Waals surface area contributed by atoms with Gasteiger partial charge in [0.25, 0.3) is 0 Å². The number of nitrogens with zero attached hydrogens (tertiary/aromatic N) is 1. The van der Waals surface area contributed by atoms with Crippen LogP contribution in [0.4, 0.5) is 0 Å². The molecule has 1 aromatic carbocycles. The highest BCUT2D eigenvalue weighted by molar-refractivity contribution is 6.42. The first-order chi connectivity index (χ1) is 12.2. The van der Waals surface area contributed by atoms with E-state index in [1.165, 1.54) is 7.11 Å². The lowest BCUT2D eigenvalue weighted by molar-refractivity contribution is -0.143. The Morgan fingerprint density at radius 1 is 1.27 bits per heavy atom. The highest BCUT2D eigenvalue weighted by atomic mass is 35.5. The fourth-order valence-corrected chi connectivity index (χ4v) is 4.40. The minimum atomic E-state index is -0.695. The van der Waals surface area contributed by atoms with Crippen molar-refractivity contribution >= 4 is 40.7 Å². The van der Waals surface area contributed by atoms with Crippen LogP contribution in [0.5, 0.6) is 0 Å². The van der Waals surface area contributed by atoms with Crippen molar-refractivity contribution in [3.05, 3.63) is 45.1 Å². The van der Waals surface area contributed by atoms with Gasteiger partial charge < -0.3 is 4.74 Å². The predicted molar refractivity (Wildman–Crippen MR) is 103 cm³/mol. The molecule has 4 nitrogen and oxygen atoms in total. The van der Waals surface area contributed by atoms with Crippen LogP contribution in [-0.2, 0) is 14.3 Å². The topological polar surface area (TPSA) is 55.7 Å². The van der Waals surface area contributed by atoms with E-state index in [2.05, 4.69) is 4.99 Å². The van der Waals surface area contributed by atoms with E-state index in [4.69, 9.17) is 27.9 Å². The van der Waals surface area contributed by atoms with Crippen LogP contribution in [0.2, 0.25) is 10.0 Å². The van der Waals surface area contributed by atoms with Crippen LogP contribution >= 0.6 is 23.2 Å². The molecule has 0 aromatic heterocycles. The summed E-state index contributed by atoms with van der Waals surface area (Å²) in [4.78, 5) is 30.2. The lowest BCUT2D eigenvalue weighted by Crippen LogP contribution is -2.39. The number of hydrogen-bond donors (Lipinski definition) is 0. The van der Waals surface area contributed by atoms with E-state index < -0.39 is 17.8 Å². The molecule has 2 aliphatic rings. The fourth-order valence-electron chi connectivity index (χ4n) is 3.97. The Bertz CT molecular complexity index is 855. The highest BCUT2D eigenvalue weighted by Gasteiger charge is 2.46. The predicted octanol–water partition coefficient (Wildman–Crippen LogP) is 4.98. The summed E-state index contributed by atoms with van der Waals surface area (Å²) in [5.74, 6) is -1.66. The molecule has 0 saturated carbocycles. The van der Waals surface area contributed by atoms with Gasteiger partial charge in [-0.2, -0.15) is 0 Å². The Kier molecular flexibility index (Phi) is 5.02. The van der Waals surface area contributed by atoms with Crippen molar-refractivity contribution in [2.45, 2.75) is 39.5 Å². The SMILES string of the molecule is COC(=O)C1C(C)=NC2=C(C(=O)CC(C)(C)C2)[C@@H]1c1cccc(Cl)c1Cl. The van der Waals surface area contributed by atoms with Crippen LogP contribution in [-0.4, -0.2) is 24.6 Å². The summed E-state index contributed by atoms with van der Waals surface area (Å²) in [6.45, 7) is 5.89. The van der Waals surface area contributed by atoms with Gasteiger partial charge in [0.15, 0.2) is 5.78 Å². The molecule has 138 valence electrons. The Balaban J connectivity index is 2.26. The molecule has 1 aliphatic carbocycles. The van der Waals surface area contributed by atoms with Gasteiger partial charge in [0, 0.05) is 29.3 Å². The van der Waals surface area contributed by atoms with Gasteiger partial charge in [-0.25, -0.2) is 0 Å². The van der Waals surface area contributed by atoms with E-state index in [1.807, 2.05) is 19.9 Å². The van der Waals surface area contributed by atoms with E-state index in [1.54, 1.807) is 19.1 Å². The molecule has 1 aliphatic heterocycles. The van der Waals surface area contributed by atoms with Crippen molar-refractivity contribution in [2.24, 2.45) is 16.3 Å². The lowest BCUT2D eigenvalue weighted by atomic mass is 9.67. The summed E-state index contributed by atoms with van der Waals surface area (Å²) in [6, 6.07) is 5.27. The van der Waals surface area contributed by atoms with Crippen molar-refractivity contribution in [1.82, 2.24) is 0 Å². The minimum absolute atomic E-state index is 0.00226. The molecule has 0 fully saturated rings. The van der Waals surface area contributed by atoms with Crippen molar-refractivity contribution in [2.75, 3.05) is 7.11 Å². The zero-order valence-electron chi connectivity index (χ0n) is 15.2. The first kappa shape index (κ1) is 19.1. The third kappa shape index (κ3) is 3.21. The lowest BCUT2D eigenvalue weighted by Gasteiger charge is -2.39. The third-order valence-corrected chi connectivity index (χ3v) is 5.91. The van der Waals surface area contributed by atoms with Gasteiger partial charge in [0.2, 0.25) is 0 Å². The summed E-state index contributed by atoms with van der Waals surface area (Å²) in [5.41, 5.74) is 2.42. The van der Waals surface area contributed by atoms with Gasteiger partial charge in [-0.05, 0) is 30.4 Å². The van der Waals surface area contributed by atoms with Crippen LogP contribution in [0.15, 0.2) is 34.5 Å². The van der Waals surface area contributed by atoms with E-state index in [0.717, 1.165) is 5.70 Å². The van der Waals surface area contributed by atoms with Gasteiger partial charge in [-0.1, -0.05) is 49.2 Å². The molecule has 0 spiro atoms. The minimum Gasteiger partial charge on any atom is -0.468 e. The third-order valence-electron chi connectivity index (χ3n) is 5.07. The number of hydrogen-bond acceptors (Lipinski definition) is 4. The standard InChI is InChI=1S/C20H21Cl2NO3/c1-10-15(19(25)26-4)16(11-6-5-7-12(21)18(11)22)17-13(23-10)8-20(2,3)9-14(17)24/h5-7,15-16H,8-9H2,1-4H3/t15?,16-/m1/s1. The second kappa shape index (κ2) is 6.82. The molecule has 0 saturated heterocycles. The number of benzene rings is 1. The molecule has 1 heterocycles. The smallest absolute Gasteiger partial charge is 0.315 e. The van der Waals surface area contributed by atoms with Crippen molar-refractivity contribution in [3.8, 4) is 0 Å².